The minimum Gasteiger partial charge on any atom is -0.444 e. The van der Waals surface area contributed by atoms with Gasteiger partial charge in [-0.25, -0.2) is 4.79 Å². The van der Waals surface area contributed by atoms with Crippen LogP contribution in [0.5, 0.6) is 0 Å². The molecule has 0 fully saturated rings. The number of ether oxygens (including phenoxy) is 6. The molecular weight excluding hydrogens is 468 g/mol. The van der Waals surface area contributed by atoms with Crippen molar-refractivity contribution >= 4 is 23.6 Å². The molecule has 2 amide bonds. The summed E-state index contributed by atoms with van der Waals surface area (Å²) in [4.78, 5) is 23.1. The zero-order chi connectivity index (χ0) is 25.3. The highest BCUT2D eigenvalue weighted by Gasteiger charge is 2.15. The minimum atomic E-state index is -0.518. The second-order valence-electron chi connectivity index (χ2n) is 8.38. The Kier molecular flexibility index (Phi) is 22.8. The van der Waals surface area contributed by atoms with Crippen LogP contribution in [0.15, 0.2) is 0 Å². The third-order valence-corrected chi connectivity index (χ3v) is 4.27. The molecule has 0 rings (SSSR count). The summed E-state index contributed by atoms with van der Waals surface area (Å²) in [5, 5.41) is 5.33. The quantitative estimate of drug-likeness (QED) is 0.158. The topological polar surface area (TPSA) is 114 Å². The molecule has 0 aromatic heterocycles. The highest BCUT2D eigenvalue weighted by Crippen LogP contribution is 2.06. The predicted octanol–water partition coefficient (Wildman–Crippen LogP) is 2.51. The molecule has 0 aliphatic carbocycles. The summed E-state index contributed by atoms with van der Waals surface area (Å²) >= 11 is 5.63. The fourth-order valence-corrected chi connectivity index (χ4v) is 2.62. The van der Waals surface area contributed by atoms with Crippen molar-refractivity contribution in [3.05, 3.63) is 0 Å². The minimum absolute atomic E-state index is 0.0248. The first-order chi connectivity index (χ1) is 16.3. The van der Waals surface area contributed by atoms with Crippen LogP contribution in [0.4, 0.5) is 4.79 Å². The molecule has 0 radical (unpaired) electrons. The van der Waals surface area contributed by atoms with E-state index in [2.05, 4.69) is 10.6 Å². The number of amides is 2. The molecule has 10 nitrogen and oxygen atoms in total. The Morgan fingerprint density at radius 2 is 1.15 bits per heavy atom. The van der Waals surface area contributed by atoms with E-state index in [0.717, 1.165) is 38.2 Å². The van der Waals surface area contributed by atoms with E-state index < -0.39 is 11.7 Å². The lowest BCUT2D eigenvalue weighted by atomic mass is 10.2. The maximum Gasteiger partial charge on any atom is 0.407 e. The fourth-order valence-electron chi connectivity index (χ4n) is 2.43. The van der Waals surface area contributed by atoms with Crippen LogP contribution < -0.4 is 10.6 Å². The number of unbranched alkanes of at least 4 members (excludes halogenated alkanes) is 3. The number of halogens is 1. The highest BCUT2D eigenvalue weighted by atomic mass is 35.5. The van der Waals surface area contributed by atoms with Crippen molar-refractivity contribution in [3.63, 3.8) is 0 Å². The largest absolute Gasteiger partial charge is 0.444 e. The Morgan fingerprint density at radius 3 is 1.74 bits per heavy atom. The van der Waals surface area contributed by atoms with E-state index in [1.807, 2.05) is 0 Å². The van der Waals surface area contributed by atoms with Gasteiger partial charge in [0.2, 0.25) is 5.91 Å². The summed E-state index contributed by atoms with van der Waals surface area (Å²) < 4.78 is 32.0. The van der Waals surface area contributed by atoms with Gasteiger partial charge in [-0.15, -0.1) is 11.6 Å². The van der Waals surface area contributed by atoms with Crippen LogP contribution in [0.2, 0.25) is 0 Å². The van der Waals surface area contributed by atoms with Crippen molar-refractivity contribution in [1.82, 2.24) is 10.6 Å². The van der Waals surface area contributed by atoms with Gasteiger partial charge in [0.15, 0.2) is 0 Å². The first kappa shape index (κ1) is 32.8. The second kappa shape index (κ2) is 23.6. The van der Waals surface area contributed by atoms with Crippen LogP contribution in [0.1, 0.15) is 46.5 Å². The molecular formula is C23H45ClN2O8. The summed E-state index contributed by atoms with van der Waals surface area (Å²) in [6.45, 7) is 10.3. The summed E-state index contributed by atoms with van der Waals surface area (Å²) in [7, 11) is 0. The third-order valence-electron chi connectivity index (χ3n) is 4.00. The van der Waals surface area contributed by atoms with Crippen molar-refractivity contribution in [2.24, 2.45) is 0 Å². The molecule has 0 saturated carbocycles. The number of rotatable bonds is 23. The van der Waals surface area contributed by atoms with Crippen LogP contribution >= 0.6 is 11.6 Å². The SMILES string of the molecule is CC(C)(C)OC(=O)NCCOCCOCCOCC(=O)NCCOCCOCCCCCCCl. The highest BCUT2D eigenvalue weighted by molar-refractivity contribution is 6.17. The molecule has 0 saturated heterocycles. The first-order valence-electron chi connectivity index (χ1n) is 12.0. The lowest BCUT2D eigenvalue weighted by Crippen LogP contribution is -2.34. The fraction of sp³-hybridized carbons (Fsp3) is 0.913. The molecule has 0 bridgehead atoms. The molecule has 0 atom stereocenters. The van der Waals surface area contributed by atoms with Crippen LogP contribution in [0.3, 0.4) is 0 Å². The van der Waals surface area contributed by atoms with Gasteiger partial charge in [-0.2, -0.15) is 0 Å². The number of hydrogen-bond acceptors (Lipinski definition) is 8. The maximum absolute atomic E-state index is 11.7. The molecule has 0 spiro atoms. The van der Waals surface area contributed by atoms with Gasteiger partial charge in [-0.3, -0.25) is 4.79 Å². The summed E-state index contributed by atoms with van der Waals surface area (Å²) in [6.07, 6.45) is 3.92. The Labute approximate surface area is 209 Å². The van der Waals surface area contributed by atoms with E-state index in [9.17, 15) is 9.59 Å². The molecule has 202 valence electrons. The van der Waals surface area contributed by atoms with Gasteiger partial charge in [0.25, 0.3) is 0 Å². The zero-order valence-corrected chi connectivity index (χ0v) is 21.9. The third kappa shape index (κ3) is 27.1. The molecule has 34 heavy (non-hydrogen) atoms. The average Bonchev–Trinajstić information content (AvgIpc) is 2.77. The van der Waals surface area contributed by atoms with E-state index in [1.165, 1.54) is 0 Å². The normalized spacial score (nSPS) is 11.4. The molecule has 0 aliphatic rings. The molecule has 0 unspecified atom stereocenters. The van der Waals surface area contributed by atoms with Gasteiger partial charge in [0.1, 0.15) is 12.2 Å². The van der Waals surface area contributed by atoms with Crippen LogP contribution in [-0.4, -0.2) is 103 Å². The summed E-state index contributed by atoms with van der Waals surface area (Å²) in [6, 6.07) is 0. The maximum atomic E-state index is 11.7. The molecule has 2 N–H and O–H groups in total. The van der Waals surface area contributed by atoms with Crippen LogP contribution in [0.25, 0.3) is 0 Å². The first-order valence-corrected chi connectivity index (χ1v) is 12.6. The van der Waals surface area contributed by atoms with Crippen LogP contribution in [-0.2, 0) is 33.2 Å². The molecule has 11 heteroatoms. The van der Waals surface area contributed by atoms with Crippen LogP contribution in [0, 0.1) is 0 Å². The van der Waals surface area contributed by atoms with Crippen molar-refractivity contribution in [2.75, 3.05) is 85.0 Å². The number of alkyl halides is 1. The summed E-state index contributed by atoms with van der Waals surface area (Å²) in [5.74, 6) is 0.527. The van der Waals surface area contributed by atoms with E-state index in [4.69, 9.17) is 40.0 Å². The number of carbonyl (C=O) groups is 2. The predicted molar refractivity (Wildman–Crippen MR) is 131 cm³/mol. The standard InChI is InChI=1S/C23H45ClN2O8/c1-23(2,3)34-22(28)26-10-13-31-16-17-32-18-19-33-20-21(27)25-9-12-30-15-14-29-11-7-5-4-6-8-24/h4-20H2,1-3H3,(H,25,27)(H,26,28). The molecule has 0 heterocycles. The Morgan fingerprint density at radius 1 is 0.647 bits per heavy atom. The van der Waals surface area contributed by atoms with Gasteiger partial charge in [-0.05, 0) is 33.6 Å². The van der Waals surface area contributed by atoms with Gasteiger partial charge >= 0.3 is 6.09 Å². The van der Waals surface area contributed by atoms with E-state index in [-0.39, 0.29) is 12.5 Å². The van der Waals surface area contributed by atoms with Gasteiger partial charge in [0, 0.05) is 25.6 Å². The molecule has 0 aliphatic heterocycles. The summed E-state index contributed by atoms with van der Waals surface area (Å²) in [5.41, 5.74) is -0.518. The van der Waals surface area contributed by atoms with Crippen molar-refractivity contribution in [2.45, 2.75) is 52.1 Å². The lowest BCUT2D eigenvalue weighted by molar-refractivity contribution is -0.126. The lowest BCUT2D eigenvalue weighted by Gasteiger charge is -2.19. The number of nitrogens with one attached hydrogen (secondary N) is 2. The Bertz CT molecular complexity index is 492. The van der Waals surface area contributed by atoms with Gasteiger partial charge in [-0.1, -0.05) is 12.8 Å². The number of hydrogen-bond donors (Lipinski definition) is 2. The van der Waals surface area contributed by atoms with E-state index in [0.29, 0.717) is 65.9 Å². The van der Waals surface area contributed by atoms with Crippen molar-refractivity contribution < 1.29 is 38.0 Å². The Balaban J connectivity index is 3.25. The van der Waals surface area contributed by atoms with Gasteiger partial charge in [0.05, 0.1) is 52.9 Å². The second-order valence-corrected chi connectivity index (χ2v) is 8.76. The number of carbonyl (C=O) groups excluding carboxylic acids is 2. The monoisotopic (exact) mass is 512 g/mol. The van der Waals surface area contributed by atoms with E-state index in [1.54, 1.807) is 20.8 Å². The zero-order valence-electron chi connectivity index (χ0n) is 21.2. The van der Waals surface area contributed by atoms with Gasteiger partial charge < -0.3 is 39.1 Å². The molecule has 0 aromatic rings. The van der Waals surface area contributed by atoms with E-state index >= 15 is 0 Å². The smallest absolute Gasteiger partial charge is 0.407 e. The van der Waals surface area contributed by atoms with Crippen molar-refractivity contribution in [1.29, 1.82) is 0 Å². The average molecular weight is 513 g/mol. The molecule has 0 aromatic carbocycles. The van der Waals surface area contributed by atoms with Crippen molar-refractivity contribution in [3.8, 4) is 0 Å². The number of alkyl carbamates (subject to hydrolysis) is 1. The Hall–Kier alpha value is -1.17.